The predicted octanol–water partition coefficient (Wildman–Crippen LogP) is -0.833. The van der Waals surface area contributed by atoms with Gasteiger partial charge in [-0.2, -0.15) is 0 Å². The molecule has 0 unspecified atom stereocenters. The SMILES string of the molecule is O=c1c(O)c(-c2ccc(O)c(O)c2)oc2c(O[C@H]3O[C@@H](CO)[C@@H](O)[C@@H](O)[C@H]3O)c(O)cc(O)c12. The van der Waals surface area contributed by atoms with Crippen LogP contribution in [0.15, 0.2) is 33.5 Å². The lowest BCUT2D eigenvalue weighted by atomic mass is 9.99. The lowest BCUT2D eigenvalue weighted by molar-refractivity contribution is -0.277. The first-order valence-electron chi connectivity index (χ1n) is 9.79. The zero-order chi connectivity index (χ0) is 24.9. The third-order valence-corrected chi connectivity index (χ3v) is 5.38. The van der Waals surface area contributed by atoms with Gasteiger partial charge in [0.25, 0.3) is 0 Å². The molecule has 0 spiro atoms. The maximum absolute atomic E-state index is 12.8. The average molecular weight is 480 g/mol. The number of phenolic OH excluding ortho intramolecular Hbond substituents is 4. The Morgan fingerprint density at radius 2 is 1.56 bits per heavy atom. The average Bonchev–Trinajstić information content (AvgIpc) is 2.80. The van der Waals surface area contributed by atoms with Gasteiger partial charge >= 0.3 is 0 Å². The van der Waals surface area contributed by atoms with E-state index in [9.17, 15) is 50.8 Å². The van der Waals surface area contributed by atoms with Gasteiger partial charge in [0.2, 0.25) is 23.2 Å². The maximum atomic E-state index is 12.8. The normalized spacial score (nSPS) is 24.9. The molecule has 13 nitrogen and oxygen atoms in total. The summed E-state index contributed by atoms with van der Waals surface area (Å²) in [6, 6.07) is 3.92. The van der Waals surface area contributed by atoms with Crippen LogP contribution >= 0.6 is 0 Å². The van der Waals surface area contributed by atoms with E-state index in [-0.39, 0.29) is 5.56 Å². The Labute approximate surface area is 189 Å². The molecule has 2 heterocycles. The number of aromatic hydroxyl groups is 5. The minimum atomic E-state index is -1.88. The Bertz CT molecular complexity index is 1300. The number of rotatable bonds is 4. The lowest BCUT2D eigenvalue weighted by Crippen LogP contribution is -2.60. The highest BCUT2D eigenvalue weighted by molar-refractivity contribution is 5.93. The number of ether oxygens (including phenoxy) is 2. The number of hydrogen-bond donors (Lipinski definition) is 9. The van der Waals surface area contributed by atoms with Gasteiger partial charge in [-0.1, -0.05) is 0 Å². The van der Waals surface area contributed by atoms with Crippen LogP contribution in [-0.2, 0) is 4.74 Å². The van der Waals surface area contributed by atoms with Crippen LogP contribution in [0.25, 0.3) is 22.3 Å². The van der Waals surface area contributed by atoms with Gasteiger partial charge in [0.15, 0.2) is 28.6 Å². The van der Waals surface area contributed by atoms with E-state index < -0.39 is 94.0 Å². The summed E-state index contributed by atoms with van der Waals surface area (Å²) in [6.45, 7) is -0.759. The van der Waals surface area contributed by atoms with Crippen LogP contribution in [0.1, 0.15) is 0 Å². The highest BCUT2D eigenvalue weighted by atomic mass is 16.7. The predicted molar refractivity (Wildman–Crippen MR) is 111 cm³/mol. The van der Waals surface area contributed by atoms with Crippen molar-refractivity contribution in [1.29, 1.82) is 0 Å². The van der Waals surface area contributed by atoms with Crippen LogP contribution in [0.2, 0.25) is 0 Å². The maximum Gasteiger partial charge on any atom is 0.238 e. The summed E-state index contributed by atoms with van der Waals surface area (Å²) < 4.78 is 16.2. The van der Waals surface area contributed by atoms with Crippen LogP contribution in [0, 0.1) is 0 Å². The van der Waals surface area contributed by atoms with Gasteiger partial charge < -0.3 is 59.8 Å². The van der Waals surface area contributed by atoms with Gasteiger partial charge in [-0.15, -0.1) is 0 Å². The van der Waals surface area contributed by atoms with Crippen LogP contribution < -0.4 is 10.2 Å². The molecule has 13 heteroatoms. The van der Waals surface area contributed by atoms with Crippen LogP contribution in [0.4, 0.5) is 0 Å². The zero-order valence-corrected chi connectivity index (χ0v) is 17.1. The Morgan fingerprint density at radius 1 is 0.853 bits per heavy atom. The molecule has 2 aromatic carbocycles. The second kappa shape index (κ2) is 8.55. The Hall–Kier alpha value is -3.75. The topological polar surface area (TPSA) is 231 Å². The fourth-order valence-electron chi connectivity index (χ4n) is 3.56. The van der Waals surface area contributed by atoms with E-state index in [1.54, 1.807) is 0 Å². The molecule has 1 aliphatic rings. The fourth-order valence-corrected chi connectivity index (χ4v) is 3.56. The molecule has 1 saturated heterocycles. The smallest absolute Gasteiger partial charge is 0.238 e. The largest absolute Gasteiger partial charge is 0.507 e. The van der Waals surface area contributed by atoms with Crippen LogP contribution in [0.3, 0.4) is 0 Å². The Balaban J connectivity index is 1.89. The third-order valence-electron chi connectivity index (χ3n) is 5.38. The molecule has 3 aromatic rings. The number of fused-ring (bicyclic) bond motifs is 1. The van der Waals surface area contributed by atoms with E-state index in [2.05, 4.69) is 0 Å². The molecule has 1 fully saturated rings. The first kappa shape index (κ1) is 23.4. The van der Waals surface area contributed by atoms with Crippen LogP contribution in [0.5, 0.6) is 34.5 Å². The van der Waals surface area contributed by atoms with E-state index in [0.29, 0.717) is 6.07 Å². The van der Waals surface area contributed by atoms with E-state index in [1.165, 1.54) is 6.07 Å². The summed E-state index contributed by atoms with van der Waals surface area (Å²) >= 11 is 0. The first-order chi connectivity index (χ1) is 16.0. The van der Waals surface area contributed by atoms with Crippen molar-refractivity contribution in [2.45, 2.75) is 30.7 Å². The number of benzene rings is 2. The zero-order valence-electron chi connectivity index (χ0n) is 17.1. The van der Waals surface area contributed by atoms with Crippen molar-refractivity contribution in [3.05, 3.63) is 34.5 Å². The molecule has 9 N–H and O–H groups in total. The Morgan fingerprint density at radius 3 is 2.21 bits per heavy atom. The third kappa shape index (κ3) is 3.70. The molecule has 0 saturated carbocycles. The van der Waals surface area contributed by atoms with Crippen molar-refractivity contribution in [1.82, 2.24) is 0 Å². The highest BCUT2D eigenvalue weighted by Crippen LogP contribution is 2.44. The minimum Gasteiger partial charge on any atom is -0.507 e. The van der Waals surface area contributed by atoms with E-state index in [0.717, 1.165) is 12.1 Å². The van der Waals surface area contributed by atoms with Gasteiger partial charge in [-0.05, 0) is 18.2 Å². The van der Waals surface area contributed by atoms with Crippen molar-refractivity contribution >= 4 is 11.0 Å². The molecule has 34 heavy (non-hydrogen) atoms. The molecule has 0 radical (unpaired) electrons. The van der Waals surface area contributed by atoms with Gasteiger partial charge in [-0.25, -0.2) is 0 Å². The number of phenols is 4. The molecular formula is C21H20O13. The molecule has 0 aliphatic carbocycles. The summed E-state index contributed by atoms with van der Waals surface area (Å²) in [5.74, 6) is -4.84. The molecule has 0 bridgehead atoms. The first-order valence-corrected chi connectivity index (χ1v) is 9.79. The number of aliphatic hydroxyl groups is 4. The van der Waals surface area contributed by atoms with Gasteiger partial charge in [0.1, 0.15) is 35.6 Å². The standard InChI is InChI=1S/C21H20O13/c22-5-11-13(27)15(29)17(31)21(32-11)34-19-10(26)4-9(25)12-14(28)16(30)18(33-20(12)19)6-1-2-7(23)8(24)3-6/h1-4,11,13,15,17,21-27,29-31H,5H2/t11-,13+,15+,17+,21+/m0/s1. The van der Waals surface area contributed by atoms with E-state index >= 15 is 0 Å². The second-order valence-corrected chi connectivity index (χ2v) is 7.58. The van der Waals surface area contributed by atoms with E-state index in [1.807, 2.05) is 0 Å². The quantitative estimate of drug-likeness (QED) is 0.208. The van der Waals surface area contributed by atoms with Crippen molar-refractivity contribution in [2.75, 3.05) is 6.61 Å². The van der Waals surface area contributed by atoms with Crippen molar-refractivity contribution in [3.63, 3.8) is 0 Å². The molecular weight excluding hydrogens is 460 g/mol. The summed E-state index contributed by atoms with van der Waals surface area (Å²) in [5, 5.41) is 89.0. The van der Waals surface area contributed by atoms with Crippen LogP contribution in [-0.4, -0.2) is 83.3 Å². The van der Waals surface area contributed by atoms with Crippen molar-refractivity contribution in [3.8, 4) is 45.8 Å². The summed E-state index contributed by atoms with van der Waals surface area (Å²) in [6.07, 6.45) is -8.50. The van der Waals surface area contributed by atoms with E-state index in [4.69, 9.17) is 13.9 Å². The molecule has 1 aromatic heterocycles. The molecule has 0 amide bonds. The van der Waals surface area contributed by atoms with Crippen molar-refractivity contribution < 1.29 is 59.8 Å². The molecule has 182 valence electrons. The van der Waals surface area contributed by atoms with Gasteiger partial charge in [-0.3, -0.25) is 4.79 Å². The van der Waals surface area contributed by atoms with Gasteiger partial charge in [0.05, 0.1) is 6.61 Å². The second-order valence-electron chi connectivity index (χ2n) is 7.58. The van der Waals surface area contributed by atoms with Crippen molar-refractivity contribution in [2.24, 2.45) is 0 Å². The van der Waals surface area contributed by atoms with Gasteiger partial charge in [0, 0.05) is 11.6 Å². The number of aliphatic hydroxyl groups excluding tert-OH is 4. The molecule has 5 atom stereocenters. The lowest BCUT2D eigenvalue weighted by Gasteiger charge is -2.39. The summed E-state index contributed by atoms with van der Waals surface area (Å²) in [7, 11) is 0. The molecule has 4 rings (SSSR count). The summed E-state index contributed by atoms with van der Waals surface area (Å²) in [5.41, 5.74) is -1.84. The summed E-state index contributed by atoms with van der Waals surface area (Å²) in [4.78, 5) is 12.8. The molecule has 1 aliphatic heterocycles. The fraction of sp³-hybridized carbons (Fsp3) is 0.286. The number of hydrogen-bond acceptors (Lipinski definition) is 13. The highest BCUT2D eigenvalue weighted by Gasteiger charge is 2.45. The monoisotopic (exact) mass is 480 g/mol. The Kier molecular flexibility index (Phi) is 5.89. The minimum absolute atomic E-state index is 0.0755.